The molecule has 2 aliphatic heterocycles. The highest BCUT2D eigenvalue weighted by atomic mass is 16.5. The standard InChI is InChI=1S/C25H32N4O3/c1-31-21-15-18(7-8-20(21)26)24(30)29-12-10-25(11-13-29)22-19(9-14-32-25)16-27-23(28-22)17-5-3-2-4-6-17/h2-6,16,18,20-21H,7-15,26H2,1H3/t18-,20+,21+/m0/s1. The Bertz CT molecular complexity index is 959. The Kier molecular flexibility index (Phi) is 5.97. The Balaban J connectivity index is 1.32. The van der Waals surface area contributed by atoms with Crippen molar-refractivity contribution < 1.29 is 14.3 Å². The van der Waals surface area contributed by atoms with Gasteiger partial charge in [0.2, 0.25) is 5.91 Å². The molecule has 32 heavy (non-hydrogen) atoms. The number of amides is 1. The van der Waals surface area contributed by atoms with E-state index in [1.54, 1.807) is 7.11 Å². The molecular formula is C25H32N4O3. The van der Waals surface area contributed by atoms with Crippen LogP contribution in [-0.2, 0) is 26.3 Å². The molecule has 1 aromatic carbocycles. The second kappa shape index (κ2) is 8.89. The summed E-state index contributed by atoms with van der Waals surface area (Å²) >= 11 is 0. The largest absolute Gasteiger partial charge is 0.380 e. The number of nitrogens with two attached hydrogens (primary N) is 1. The number of carbonyl (C=O) groups excluding carboxylic acids is 1. The molecule has 0 bridgehead atoms. The van der Waals surface area contributed by atoms with Gasteiger partial charge in [-0.3, -0.25) is 4.79 Å². The summed E-state index contributed by atoms with van der Waals surface area (Å²) in [6.07, 6.45) is 6.67. The average molecular weight is 437 g/mol. The zero-order chi connectivity index (χ0) is 22.1. The molecular weight excluding hydrogens is 404 g/mol. The Morgan fingerprint density at radius 2 is 2.00 bits per heavy atom. The average Bonchev–Trinajstić information content (AvgIpc) is 2.85. The maximum Gasteiger partial charge on any atom is 0.225 e. The zero-order valence-corrected chi connectivity index (χ0v) is 18.7. The highest BCUT2D eigenvalue weighted by molar-refractivity contribution is 5.79. The molecule has 0 radical (unpaired) electrons. The van der Waals surface area contributed by atoms with Gasteiger partial charge in [-0.2, -0.15) is 0 Å². The van der Waals surface area contributed by atoms with Crippen molar-refractivity contribution in [1.82, 2.24) is 14.9 Å². The summed E-state index contributed by atoms with van der Waals surface area (Å²) in [5.41, 5.74) is 8.89. The van der Waals surface area contributed by atoms with Gasteiger partial charge in [0.1, 0.15) is 5.60 Å². The molecule has 1 aromatic heterocycles. The molecule has 2 aromatic rings. The Hall–Kier alpha value is -2.35. The van der Waals surface area contributed by atoms with E-state index in [0.29, 0.717) is 26.1 Å². The van der Waals surface area contributed by atoms with Crippen LogP contribution in [-0.4, -0.2) is 59.7 Å². The van der Waals surface area contributed by atoms with Crippen LogP contribution >= 0.6 is 0 Å². The number of rotatable bonds is 3. The topological polar surface area (TPSA) is 90.6 Å². The third-order valence-electron chi connectivity index (χ3n) is 7.46. The van der Waals surface area contributed by atoms with Crippen molar-refractivity contribution >= 4 is 5.91 Å². The summed E-state index contributed by atoms with van der Waals surface area (Å²) in [7, 11) is 1.69. The highest BCUT2D eigenvalue weighted by Gasteiger charge is 2.44. The quantitative estimate of drug-likeness (QED) is 0.796. The fourth-order valence-corrected chi connectivity index (χ4v) is 5.51. The van der Waals surface area contributed by atoms with E-state index in [2.05, 4.69) is 4.98 Å². The van der Waals surface area contributed by atoms with Crippen LogP contribution in [0.5, 0.6) is 0 Å². The van der Waals surface area contributed by atoms with Crippen molar-refractivity contribution in [2.75, 3.05) is 26.8 Å². The minimum atomic E-state index is -0.430. The van der Waals surface area contributed by atoms with Crippen molar-refractivity contribution in [3.05, 3.63) is 47.8 Å². The molecule has 5 rings (SSSR count). The van der Waals surface area contributed by atoms with E-state index in [-0.39, 0.29) is 24.0 Å². The van der Waals surface area contributed by atoms with Crippen LogP contribution in [0, 0.1) is 5.92 Å². The van der Waals surface area contributed by atoms with Gasteiger partial charge in [-0.05, 0) is 44.1 Å². The lowest BCUT2D eigenvalue weighted by molar-refractivity contribution is -0.147. The number of hydrogen-bond donors (Lipinski definition) is 1. The molecule has 3 heterocycles. The number of aromatic nitrogens is 2. The van der Waals surface area contributed by atoms with Gasteiger partial charge in [0, 0.05) is 43.9 Å². The summed E-state index contributed by atoms with van der Waals surface area (Å²) < 4.78 is 11.9. The van der Waals surface area contributed by atoms with E-state index in [9.17, 15) is 4.79 Å². The van der Waals surface area contributed by atoms with Crippen LogP contribution in [0.3, 0.4) is 0 Å². The predicted molar refractivity (Wildman–Crippen MR) is 121 cm³/mol. The second-order valence-electron chi connectivity index (χ2n) is 9.30. The molecule has 0 unspecified atom stereocenters. The Morgan fingerprint density at radius 1 is 1.22 bits per heavy atom. The number of ether oxygens (including phenoxy) is 2. The fourth-order valence-electron chi connectivity index (χ4n) is 5.51. The number of hydrogen-bond acceptors (Lipinski definition) is 6. The SMILES string of the molecule is CO[C@@H]1C[C@@H](C(=O)N2CCC3(CC2)OCCc2cnc(-c4ccccc4)nc23)CC[C@H]1N. The van der Waals surface area contributed by atoms with Crippen molar-refractivity contribution in [2.45, 2.75) is 56.3 Å². The first-order valence-corrected chi connectivity index (χ1v) is 11.7. The summed E-state index contributed by atoms with van der Waals surface area (Å²) in [6.45, 7) is 2.04. The van der Waals surface area contributed by atoms with Crippen molar-refractivity contribution in [3.8, 4) is 11.4 Å². The van der Waals surface area contributed by atoms with E-state index < -0.39 is 5.60 Å². The third kappa shape index (κ3) is 3.93. The Morgan fingerprint density at radius 3 is 2.75 bits per heavy atom. The molecule has 3 aliphatic rings. The number of fused-ring (bicyclic) bond motifs is 2. The van der Waals surface area contributed by atoms with Gasteiger partial charge in [-0.25, -0.2) is 9.97 Å². The third-order valence-corrected chi connectivity index (χ3v) is 7.46. The van der Waals surface area contributed by atoms with E-state index in [1.165, 1.54) is 5.56 Å². The van der Waals surface area contributed by atoms with Gasteiger partial charge >= 0.3 is 0 Å². The number of likely N-dealkylation sites (tertiary alicyclic amines) is 1. The molecule has 170 valence electrons. The van der Waals surface area contributed by atoms with E-state index in [4.69, 9.17) is 20.2 Å². The number of piperidine rings is 1. The van der Waals surface area contributed by atoms with Gasteiger partial charge in [-0.1, -0.05) is 30.3 Å². The van der Waals surface area contributed by atoms with Crippen LogP contribution in [0.1, 0.15) is 43.4 Å². The molecule has 3 atom stereocenters. The minimum absolute atomic E-state index is 0.000341. The summed E-state index contributed by atoms with van der Waals surface area (Å²) in [4.78, 5) is 24.8. The molecule has 7 heteroatoms. The zero-order valence-electron chi connectivity index (χ0n) is 18.7. The molecule has 1 spiro atoms. The normalized spacial score (nSPS) is 27.2. The maximum atomic E-state index is 13.2. The van der Waals surface area contributed by atoms with Gasteiger partial charge < -0.3 is 20.1 Å². The van der Waals surface area contributed by atoms with Crippen LogP contribution in [0.4, 0.5) is 0 Å². The summed E-state index contributed by atoms with van der Waals surface area (Å²) in [5.74, 6) is 0.967. The van der Waals surface area contributed by atoms with Crippen molar-refractivity contribution in [1.29, 1.82) is 0 Å². The number of carbonyl (C=O) groups is 1. The van der Waals surface area contributed by atoms with Gasteiger partial charge in [-0.15, -0.1) is 0 Å². The van der Waals surface area contributed by atoms with Crippen molar-refractivity contribution in [3.63, 3.8) is 0 Å². The first kappa shape index (κ1) is 21.5. The number of nitrogens with zero attached hydrogens (tertiary/aromatic N) is 3. The van der Waals surface area contributed by atoms with Crippen LogP contribution in [0.25, 0.3) is 11.4 Å². The van der Waals surface area contributed by atoms with Crippen molar-refractivity contribution in [2.24, 2.45) is 11.7 Å². The maximum absolute atomic E-state index is 13.2. The molecule has 7 nitrogen and oxygen atoms in total. The predicted octanol–water partition coefficient (Wildman–Crippen LogP) is 2.68. The van der Waals surface area contributed by atoms with Crippen LogP contribution in [0.2, 0.25) is 0 Å². The molecule has 2 N–H and O–H groups in total. The molecule has 1 saturated carbocycles. The number of methoxy groups -OCH3 is 1. The van der Waals surface area contributed by atoms with E-state index >= 15 is 0 Å². The van der Waals surface area contributed by atoms with Crippen LogP contribution < -0.4 is 5.73 Å². The number of benzene rings is 1. The van der Waals surface area contributed by atoms with Gasteiger partial charge in [0.15, 0.2) is 5.82 Å². The van der Waals surface area contributed by atoms with Gasteiger partial charge in [0.05, 0.1) is 18.4 Å². The Labute approximate surface area is 189 Å². The van der Waals surface area contributed by atoms with Gasteiger partial charge in [0.25, 0.3) is 0 Å². The lowest BCUT2D eigenvalue weighted by Crippen LogP contribution is -2.52. The highest BCUT2D eigenvalue weighted by Crippen LogP contribution is 2.41. The first-order valence-electron chi connectivity index (χ1n) is 11.7. The molecule has 1 amide bonds. The fraction of sp³-hybridized carbons (Fsp3) is 0.560. The lowest BCUT2D eigenvalue weighted by atomic mass is 9.81. The summed E-state index contributed by atoms with van der Waals surface area (Å²) in [5, 5.41) is 0. The smallest absolute Gasteiger partial charge is 0.225 e. The van der Waals surface area contributed by atoms with E-state index in [0.717, 1.165) is 49.2 Å². The second-order valence-corrected chi connectivity index (χ2v) is 9.30. The molecule has 1 aliphatic carbocycles. The van der Waals surface area contributed by atoms with E-state index in [1.807, 2.05) is 41.4 Å². The molecule has 2 fully saturated rings. The monoisotopic (exact) mass is 436 g/mol. The minimum Gasteiger partial charge on any atom is -0.380 e. The van der Waals surface area contributed by atoms with Crippen LogP contribution in [0.15, 0.2) is 36.5 Å². The summed E-state index contributed by atoms with van der Waals surface area (Å²) in [6, 6.07) is 10.1. The first-order chi connectivity index (χ1) is 15.6. The molecule has 1 saturated heterocycles. The lowest BCUT2D eigenvalue weighted by Gasteiger charge is -2.45.